The van der Waals surface area contributed by atoms with Gasteiger partial charge in [0.25, 0.3) is 11.2 Å². The lowest BCUT2D eigenvalue weighted by Crippen LogP contribution is -2.39. The monoisotopic (exact) mass is 555 g/mol. The maximum absolute atomic E-state index is 13.8. The number of benzene rings is 3. The number of hydrogen-bond acceptors (Lipinski definition) is 8. The minimum atomic E-state index is -0.674. The molecule has 0 aliphatic carbocycles. The van der Waals surface area contributed by atoms with Gasteiger partial charge in [-0.15, -0.1) is 0 Å². The summed E-state index contributed by atoms with van der Waals surface area (Å²) in [4.78, 5) is 42.4. The quantitative estimate of drug-likeness (QED) is 0.182. The lowest BCUT2D eigenvalue weighted by atomic mass is 9.96. The Morgan fingerprint density at radius 1 is 1.07 bits per heavy atom. The van der Waals surface area contributed by atoms with E-state index in [4.69, 9.17) is 9.47 Å². The minimum absolute atomic E-state index is 0.00897. The zero-order valence-corrected chi connectivity index (χ0v) is 22.6. The molecule has 0 unspecified atom stereocenters. The highest BCUT2D eigenvalue weighted by molar-refractivity contribution is 7.07. The van der Waals surface area contributed by atoms with Gasteiger partial charge < -0.3 is 9.47 Å². The number of rotatable bonds is 8. The Morgan fingerprint density at radius 2 is 1.77 bits per heavy atom. The second kappa shape index (κ2) is 11.5. The van der Waals surface area contributed by atoms with Crippen LogP contribution in [0.1, 0.15) is 36.6 Å². The predicted molar refractivity (Wildman–Crippen MR) is 151 cm³/mol. The molecule has 2 heterocycles. The first-order valence-corrected chi connectivity index (χ1v) is 13.4. The van der Waals surface area contributed by atoms with Crippen molar-refractivity contribution in [2.75, 3.05) is 6.61 Å². The lowest BCUT2D eigenvalue weighted by molar-refractivity contribution is -0.384. The lowest BCUT2D eigenvalue weighted by Gasteiger charge is -2.24. The van der Waals surface area contributed by atoms with Crippen LogP contribution in [0.3, 0.4) is 0 Å². The number of non-ortho nitro benzene ring substituents is 1. The Kier molecular flexibility index (Phi) is 7.70. The normalized spacial score (nSPS) is 14.8. The summed E-state index contributed by atoms with van der Waals surface area (Å²) in [5, 5.41) is 10.9. The molecule has 1 aliphatic rings. The molecule has 4 aromatic rings. The van der Waals surface area contributed by atoms with Gasteiger partial charge in [-0.3, -0.25) is 19.5 Å². The van der Waals surface area contributed by atoms with Crippen LogP contribution in [0.4, 0.5) is 5.69 Å². The molecule has 3 aromatic carbocycles. The van der Waals surface area contributed by atoms with Crippen LogP contribution in [0.5, 0.6) is 5.75 Å². The van der Waals surface area contributed by atoms with Crippen molar-refractivity contribution >= 4 is 29.1 Å². The number of allylic oxidation sites excluding steroid dienone is 1. The van der Waals surface area contributed by atoms with Crippen LogP contribution in [0, 0.1) is 10.1 Å². The van der Waals surface area contributed by atoms with E-state index in [1.165, 1.54) is 23.5 Å². The summed E-state index contributed by atoms with van der Waals surface area (Å²) in [5.74, 6) is 0.0477. The molecule has 1 atom stereocenters. The Morgan fingerprint density at radius 3 is 2.48 bits per heavy atom. The molecule has 10 heteroatoms. The van der Waals surface area contributed by atoms with Crippen molar-refractivity contribution in [3.05, 3.63) is 137 Å². The summed E-state index contributed by atoms with van der Waals surface area (Å²) < 4.78 is 13.3. The number of nitro benzene ring substituents is 1. The molecule has 0 bridgehead atoms. The second-order valence-corrected chi connectivity index (χ2v) is 9.97. The van der Waals surface area contributed by atoms with Crippen molar-refractivity contribution in [3.8, 4) is 5.75 Å². The number of esters is 1. The van der Waals surface area contributed by atoms with Gasteiger partial charge in [-0.05, 0) is 49.2 Å². The molecule has 9 nitrogen and oxygen atoms in total. The highest BCUT2D eigenvalue weighted by atomic mass is 32.1. The number of thiazole rings is 1. The van der Waals surface area contributed by atoms with Gasteiger partial charge in [-0.2, -0.15) is 0 Å². The molecule has 0 saturated carbocycles. The van der Waals surface area contributed by atoms with Gasteiger partial charge in [0.1, 0.15) is 12.4 Å². The SMILES string of the molecule is CCOC(=O)C1=C(C)N=c2s/c(=C\c3ccccc3OCc3ccc([N+](=O)[O-])cc3)c(=O)n2[C@H]1c1ccccc1. The summed E-state index contributed by atoms with van der Waals surface area (Å²) in [5.41, 5.74) is 2.80. The molecule has 0 radical (unpaired) electrons. The van der Waals surface area contributed by atoms with Crippen molar-refractivity contribution < 1.29 is 19.2 Å². The van der Waals surface area contributed by atoms with Gasteiger partial charge in [0.2, 0.25) is 0 Å². The topological polar surface area (TPSA) is 113 Å². The average molecular weight is 556 g/mol. The van der Waals surface area contributed by atoms with Crippen LogP contribution in [-0.4, -0.2) is 22.1 Å². The molecule has 202 valence electrons. The van der Waals surface area contributed by atoms with Gasteiger partial charge >= 0.3 is 5.97 Å². The van der Waals surface area contributed by atoms with Gasteiger partial charge in [-0.1, -0.05) is 59.9 Å². The van der Waals surface area contributed by atoms with Crippen LogP contribution in [-0.2, 0) is 16.1 Å². The summed E-state index contributed by atoms with van der Waals surface area (Å²) in [6.45, 7) is 3.89. The van der Waals surface area contributed by atoms with Crippen molar-refractivity contribution in [2.45, 2.75) is 26.5 Å². The highest BCUT2D eigenvalue weighted by Gasteiger charge is 2.33. The molecule has 0 spiro atoms. The van der Waals surface area contributed by atoms with E-state index < -0.39 is 16.9 Å². The molecule has 1 aromatic heterocycles. The maximum atomic E-state index is 13.8. The third-order valence-electron chi connectivity index (χ3n) is 6.38. The predicted octanol–water partition coefficient (Wildman–Crippen LogP) is 4.29. The minimum Gasteiger partial charge on any atom is -0.488 e. The molecule has 0 saturated heterocycles. The van der Waals surface area contributed by atoms with Crippen LogP contribution in [0.2, 0.25) is 0 Å². The zero-order valence-electron chi connectivity index (χ0n) is 21.8. The van der Waals surface area contributed by atoms with Crippen LogP contribution in [0.25, 0.3) is 6.08 Å². The van der Waals surface area contributed by atoms with Crippen molar-refractivity contribution in [1.29, 1.82) is 0 Å². The van der Waals surface area contributed by atoms with E-state index in [0.29, 0.717) is 31.9 Å². The summed E-state index contributed by atoms with van der Waals surface area (Å²) >= 11 is 1.24. The first kappa shape index (κ1) is 26.8. The third-order valence-corrected chi connectivity index (χ3v) is 7.36. The van der Waals surface area contributed by atoms with Crippen LogP contribution >= 0.6 is 11.3 Å². The number of nitro groups is 1. The maximum Gasteiger partial charge on any atom is 0.338 e. The molecule has 1 aliphatic heterocycles. The second-order valence-electron chi connectivity index (χ2n) is 8.96. The molecular weight excluding hydrogens is 530 g/mol. The number of hydrogen-bond donors (Lipinski definition) is 0. The van der Waals surface area contributed by atoms with E-state index >= 15 is 0 Å². The Bertz CT molecular complexity index is 1790. The van der Waals surface area contributed by atoms with Gasteiger partial charge in [0, 0.05) is 17.7 Å². The Labute approximate surface area is 233 Å². The van der Waals surface area contributed by atoms with E-state index in [-0.39, 0.29) is 24.5 Å². The molecule has 0 N–H and O–H groups in total. The number of carbonyl (C=O) groups excluding carboxylic acids is 1. The number of ether oxygens (including phenoxy) is 2. The fourth-order valence-electron chi connectivity index (χ4n) is 4.49. The summed E-state index contributed by atoms with van der Waals surface area (Å²) in [6, 6.07) is 22.1. The fourth-order valence-corrected chi connectivity index (χ4v) is 5.53. The van der Waals surface area contributed by atoms with Crippen LogP contribution in [0.15, 0.2) is 99.9 Å². The van der Waals surface area contributed by atoms with Gasteiger partial charge in [0.05, 0.1) is 33.4 Å². The standard InChI is InChI=1S/C30H25N3O6S/c1-3-38-29(35)26-19(2)31-30-32(27(26)21-9-5-4-6-10-21)28(34)25(40-30)17-22-11-7-8-12-24(22)39-18-20-13-15-23(16-14-20)33(36)37/h4-17,27H,3,18H2,1-2H3/b25-17-/t27-/m0/s1. The number of aromatic nitrogens is 1. The van der Waals surface area contributed by atoms with E-state index in [2.05, 4.69) is 4.99 Å². The van der Waals surface area contributed by atoms with Gasteiger partial charge in [-0.25, -0.2) is 9.79 Å². The van der Waals surface area contributed by atoms with Crippen molar-refractivity contribution in [2.24, 2.45) is 4.99 Å². The van der Waals surface area contributed by atoms with Gasteiger partial charge in [0.15, 0.2) is 4.80 Å². The number of para-hydroxylation sites is 1. The van der Waals surface area contributed by atoms with Crippen LogP contribution < -0.4 is 19.6 Å². The Balaban J connectivity index is 1.54. The molecule has 40 heavy (non-hydrogen) atoms. The summed E-state index contributed by atoms with van der Waals surface area (Å²) in [7, 11) is 0. The fraction of sp³-hybridized carbons (Fsp3) is 0.167. The first-order valence-electron chi connectivity index (χ1n) is 12.6. The molecule has 5 rings (SSSR count). The number of carbonyl (C=O) groups is 1. The van der Waals surface area contributed by atoms with E-state index in [9.17, 15) is 19.7 Å². The average Bonchev–Trinajstić information content (AvgIpc) is 3.26. The first-order chi connectivity index (χ1) is 19.4. The number of nitrogens with zero attached hydrogens (tertiary/aromatic N) is 3. The van der Waals surface area contributed by atoms with Crippen molar-refractivity contribution in [3.63, 3.8) is 0 Å². The molecular formula is C30H25N3O6S. The van der Waals surface area contributed by atoms with E-state index in [0.717, 1.165) is 11.1 Å². The Hall–Kier alpha value is -4.83. The van der Waals surface area contributed by atoms with E-state index in [1.807, 2.05) is 48.5 Å². The summed E-state index contributed by atoms with van der Waals surface area (Å²) in [6.07, 6.45) is 1.75. The zero-order chi connectivity index (χ0) is 28.2. The number of fused-ring (bicyclic) bond motifs is 1. The largest absolute Gasteiger partial charge is 0.488 e. The molecule has 0 amide bonds. The molecule has 0 fully saturated rings. The third kappa shape index (κ3) is 5.34. The highest BCUT2D eigenvalue weighted by Crippen LogP contribution is 2.30. The van der Waals surface area contributed by atoms with E-state index in [1.54, 1.807) is 42.7 Å². The smallest absolute Gasteiger partial charge is 0.338 e. The van der Waals surface area contributed by atoms with Crippen molar-refractivity contribution in [1.82, 2.24) is 4.57 Å².